The Labute approximate surface area is 109 Å². The van der Waals surface area contributed by atoms with E-state index in [1.165, 1.54) is 6.07 Å². The molecule has 0 fully saturated rings. The predicted molar refractivity (Wildman–Crippen MR) is 73.2 cm³/mol. The van der Waals surface area contributed by atoms with Crippen LogP contribution in [0.1, 0.15) is 44.2 Å². The van der Waals surface area contributed by atoms with E-state index in [4.69, 9.17) is 10.5 Å². The van der Waals surface area contributed by atoms with Gasteiger partial charge in [0.15, 0.2) is 0 Å². The summed E-state index contributed by atoms with van der Waals surface area (Å²) in [6.07, 6.45) is 6.17. The highest BCUT2D eigenvalue weighted by Gasteiger charge is 2.07. The number of benzene rings is 1. The summed E-state index contributed by atoms with van der Waals surface area (Å²) >= 11 is 0. The van der Waals surface area contributed by atoms with Crippen molar-refractivity contribution in [2.75, 3.05) is 6.61 Å². The van der Waals surface area contributed by atoms with Gasteiger partial charge in [0.2, 0.25) is 0 Å². The molecule has 0 aliphatic heterocycles. The molecule has 0 radical (unpaired) electrons. The Bertz CT molecular complexity index is 377. The van der Waals surface area contributed by atoms with Crippen LogP contribution in [0.25, 0.3) is 0 Å². The van der Waals surface area contributed by atoms with Crippen LogP contribution in [0.5, 0.6) is 5.75 Å². The van der Waals surface area contributed by atoms with Crippen LogP contribution in [0.15, 0.2) is 30.9 Å². The predicted octanol–water partition coefficient (Wildman–Crippen LogP) is 3.97. The summed E-state index contributed by atoms with van der Waals surface area (Å²) in [4.78, 5) is 0. The first kappa shape index (κ1) is 14.7. The molecular weight excluding hydrogens is 229 g/mol. The van der Waals surface area contributed by atoms with Gasteiger partial charge in [-0.25, -0.2) is 4.39 Å². The summed E-state index contributed by atoms with van der Waals surface area (Å²) in [6.45, 7) is 6.06. The Morgan fingerprint density at radius 3 is 2.78 bits per heavy atom. The summed E-state index contributed by atoms with van der Waals surface area (Å²) in [5, 5.41) is 0. The summed E-state index contributed by atoms with van der Waals surface area (Å²) in [5.41, 5.74) is 6.17. The highest BCUT2D eigenvalue weighted by molar-refractivity contribution is 5.30. The molecule has 0 saturated carbocycles. The number of halogens is 1. The zero-order valence-corrected chi connectivity index (χ0v) is 11.0. The van der Waals surface area contributed by atoms with E-state index in [1.807, 2.05) is 6.08 Å². The fraction of sp³-hybridized carbons (Fsp3) is 0.467. The summed E-state index contributed by atoms with van der Waals surface area (Å²) in [5.74, 6) is 0.273. The lowest BCUT2D eigenvalue weighted by atomic mass is 10.1. The van der Waals surface area contributed by atoms with Crippen molar-refractivity contribution in [2.45, 2.75) is 38.6 Å². The standard InChI is InChI=1S/C15H22FNO/c1-3-4-5-6-7-10-18-13-8-9-14(12(2)17)15(16)11-13/h3,8-9,11-12H,1,4-7,10,17H2,2H3/t12-/m0/s1. The lowest BCUT2D eigenvalue weighted by Gasteiger charge is -2.10. The Morgan fingerprint density at radius 2 is 2.17 bits per heavy atom. The molecule has 0 bridgehead atoms. The van der Waals surface area contributed by atoms with E-state index in [1.54, 1.807) is 19.1 Å². The van der Waals surface area contributed by atoms with Gasteiger partial charge in [-0.1, -0.05) is 12.1 Å². The van der Waals surface area contributed by atoms with Crippen LogP contribution >= 0.6 is 0 Å². The normalized spacial score (nSPS) is 12.2. The van der Waals surface area contributed by atoms with E-state index in [2.05, 4.69) is 6.58 Å². The van der Waals surface area contributed by atoms with Crippen molar-refractivity contribution in [2.24, 2.45) is 5.73 Å². The Balaban J connectivity index is 2.35. The fourth-order valence-electron chi connectivity index (χ4n) is 1.72. The minimum absolute atomic E-state index is 0.294. The molecule has 3 heteroatoms. The van der Waals surface area contributed by atoms with E-state index in [0.717, 1.165) is 25.7 Å². The van der Waals surface area contributed by atoms with Crippen molar-refractivity contribution in [3.05, 3.63) is 42.2 Å². The minimum Gasteiger partial charge on any atom is -0.493 e. The van der Waals surface area contributed by atoms with Crippen LogP contribution in [0.3, 0.4) is 0 Å². The number of allylic oxidation sites excluding steroid dienone is 1. The molecule has 1 rings (SSSR count). The van der Waals surface area contributed by atoms with Gasteiger partial charge in [0, 0.05) is 17.7 Å². The van der Waals surface area contributed by atoms with Crippen LogP contribution in [0.4, 0.5) is 4.39 Å². The van der Waals surface area contributed by atoms with Crippen LogP contribution in [-0.2, 0) is 0 Å². The molecule has 100 valence electrons. The van der Waals surface area contributed by atoms with E-state index in [9.17, 15) is 4.39 Å². The molecule has 1 aromatic carbocycles. The van der Waals surface area contributed by atoms with Crippen molar-refractivity contribution in [1.82, 2.24) is 0 Å². The van der Waals surface area contributed by atoms with Crippen molar-refractivity contribution < 1.29 is 9.13 Å². The molecule has 0 aliphatic carbocycles. The smallest absolute Gasteiger partial charge is 0.131 e. The first-order valence-electron chi connectivity index (χ1n) is 6.44. The summed E-state index contributed by atoms with van der Waals surface area (Å²) in [7, 11) is 0. The molecule has 0 aliphatic rings. The molecule has 0 heterocycles. The zero-order chi connectivity index (χ0) is 13.4. The Kier molecular flexibility index (Phi) is 6.44. The van der Waals surface area contributed by atoms with Crippen LogP contribution < -0.4 is 10.5 Å². The number of unbranched alkanes of at least 4 members (excludes halogenated alkanes) is 3. The zero-order valence-electron chi connectivity index (χ0n) is 11.0. The third kappa shape index (κ3) is 4.88. The van der Waals surface area contributed by atoms with Gasteiger partial charge in [0.05, 0.1) is 6.61 Å². The highest BCUT2D eigenvalue weighted by Crippen LogP contribution is 2.20. The van der Waals surface area contributed by atoms with Gasteiger partial charge in [-0.15, -0.1) is 6.58 Å². The molecule has 2 N–H and O–H groups in total. The average Bonchev–Trinajstić information content (AvgIpc) is 2.33. The topological polar surface area (TPSA) is 35.2 Å². The number of hydrogen-bond donors (Lipinski definition) is 1. The first-order valence-corrected chi connectivity index (χ1v) is 6.44. The van der Waals surface area contributed by atoms with E-state index in [0.29, 0.717) is 17.9 Å². The molecule has 0 spiro atoms. The lowest BCUT2D eigenvalue weighted by Crippen LogP contribution is -2.07. The third-order valence-electron chi connectivity index (χ3n) is 2.78. The Hall–Kier alpha value is -1.35. The molecule has 18 heavy (non-hydrogen) atoms. The monoisotopic (exact) mass is 251 g/mol. The van der Waals surface area contributed by atoms with Gasteiger partial charge in [-0.05, 0) is 38.7 Å². The number of nitrogens with two attached hydrogens (primary N) is 1. The van der Waals surface area contributed by atoms with Crippen LogP contribution in [0, 0.1) is 5.82 Å². The molecule has 1 atom stereocenters. The molecule has 0 unspecified atom stereocenters. The third-order valence-corrected chi connectivity index (χ3v) is 2.78. The van der Waals surface area contributed by atoms with Crippen molar-refractivity contribution in [1.29, 1.82) is 0 Å². The van der Waals surface area contributed by atoms with Gasteiger partial charge in [-0.3, -0.25) is 0 Å². The van der Waals surface area contributed by atoms with Gasteiger partial charge in [0.1, 0.15) is 11.6 Å². The maximum absolute atomic E-state index is 13.6. The van der Waals surface area contributed by atoms with Gasteiger partial charge in [-0.2, -0.15) is 0 Å². The molecule has 0 aromatic heterocycles. The number of hydrogen-bond acceptors (Lipinski definition) is 2. The SMILES string of the molecule is C=CCCCCCOc1ccc([C@H](C)N)c(F)c1. The minimum atomic E-state index is -0.297. The maximum Gasteiger partial charge on any atom is 0.131 e. The quantitative estimate of drug-likeness (QED) is 0.560. The average molecular weight is 251 g/mol. The van der Waals surface area contributed by atoms with Gasteiger partial charge >= 0.3 is 0 Å². The maximum atomic E-state index is 13.6. The van der Waals surface area contributed by atoms with Crippen LogP contribution in [0.2, 0.25) is 0 Å². The van der Waals surface area contributed by atoms with E-state index < -0.39 is 0 Å². The molecular formula is C15H22FNO. The first-order chi connectivity index (χ1) is 8.65. The summed E-state index contributed by atoms with van der Waals surface area (Å²) < 4.78 is 19.1. The van der Waals surface area contributed by atoms with Crippen molar-refractivity contribution in [3.8, 4) is 5.75 Å². The number of rotatable bonds is 8. The van der Waals surface area contributed by atoms with E-state index >= 15 is 0 Å². The van der Waals surface area contributed by atoms with Crippen molar-refractivity contribution >= 4 is 0 Å². The molecule has 0 amide bonds. The van der Waals surface area contributed by atoms with Crippen LogP contribution in [-0.4, -0.2) is 6.61 Å². The second-order valence-electron chi connectivity index (χ2n) is 4.46. The van der Waals surface area contributed by atoms with Gasteiger partial charge in [0.25, 0.3) is 0 Å². The second kappa shape index (κ2) is 7.88. The second-order valence-corrected chi connectivity index (χ2v) is 4.46. The highest BCUT2D eigenvalue weighted by atomic mass is 19.1. The Morgan fingerprint density at radius 1 is 1.39 bits per heavy atom. The lowest BCUT2D eigenvalue weighted by molar-refractivity contribution is 0.303. The molecule has 0 saturated heterocycles. The fourth-order valence-corrected chi connectivity index (χ4v) is 1.72. The largest absolute Gasteiger partial charge is 0.493 e. The van der Waals surface area contributed by atoms with E-state index in [-0.39, 0.29) is 11.9 Å². The van der Waals surface area contributed by atoms with Gasteiger partial charge < -0.3 is 10.5 Å². The molecule has 1 aromatic rings. The van der Waals surface area contributed by atoms with Crippen molar-refractivity contribution in [3.63, 3.8) is 0 Å². The summed E-state index contributed by atoms with van der Waals surface area (Å²) in [6, 6.07) is 4.57. The number of ether oxygens (including phenoxy) is 1. The molecule has 2 nitrogen and oxygen atoms in total.